The molecular weight excluding hydrogens is 321 g/mol. The van der Waals surface area contributed by atoms with Crippen molar-refractivity contribution in [2.45, 2.75) is 12.8 Å². The molecule has 1 saturated heterocycles. The number of hydrogen-bond acceptors (Lipinski definition) is 3. The first-order chi connectivity index (χ1) is 12.1. The SMILES string of the molecule is O=C(CCc1ccc(F)cc1)N1CCN(C(=O)c2ccncc2)CC1. The van der Waals surface area contributed by atoms with Crippen molar-refractivity contribution in [3.05, 3.63) is 65.7 Å². The maximum absolute atomic E-state index is 12.9. The Labute approximate surface area is 146 Å². The number of benzene rings is 1. The van der Waals surface area contributed by atoms with Crippen LogP contribution in [0.3, 0.4) is 0 Å². The molecule has 2 heterocycles. The van der Waals surface area contributed by atoms with Crippen LogP contribution < -0.4 is 0 Å². The molecule has 0 saturated carbocycles. The van der Waals surface area contributed by atoms with Crippen molar-refractivity contribution in [3.8, 4) is 0 Å². The van der Waals surface area contributed by atoms with Crippen molar-refractivity contribution in [2.24, 2.45) is 0 Å². The highest BCUT2D eigenvalue weighted by Crippen LogP contribution is 2.11. The van der Waals surface area contributed by atoms with E-state index < -0.39 is 0 Å². The lowest BCUT2D eigenvalue weighted by Gasteiger charge is -2.35. The van der Waals surface area contributed by atoms with Crippen LogP contribution in [0, 0.1) is 5.82 Å². The van der Waals surface area contributed by atoms with Gasteiger partial charge in [-0.2, -0.15) is 0 Å². The van der Waals surface area contributed by atoms with E-state index in [1.54, 1.807) is 46.5 Å². The van der Waals surface area contributed by atoms with Gasteiger partial charge in [0.1, 0.15) is 5.82 Å². The summed E-state index contributed by atoms with van der Waals surface area (Å²) in [5.74, 6) is -0.230. The highest BCUT2D eigenvalue weighted by atomic mass is 19.1. The number of piperazine rings is 1. The van der Waals surface area contributed by atoms with Gasteiger partial charge in [0.05, 0.1) is 0 Å². The molecule has 3 rings (SSSR count). The Kier molecular flexibility index (Phi) is 5.38. The summed E-state index contributed by atoms with van der Waals surface area (Å²) in [5.41, 5.74) is 1.56. The molecule has 0 spiro atoms. The minimum absolute atomic E-state index is 0.0270. The summed E-state index contributed by atoms with van der Waals surface area (Å²) in [6.45, 7) is 2.14. The van der Waals surface area contributed by atoms with E-state index in [0.29, 0.717) is 44.6 Å². The maximum Gasteiger partial charge on any atom is 0.254 e. The fraction of sp³-hybridized carbons (Fsp3) is 0.316. The zero-order chi connectivity index (χ0) is 17.6. The van der Waals surface area contributed by atoms with Crippen LogP contribution in [0.4, 0.5) is 4.39 Å². The smallest absolute Gasteiger partial charge is 0.254 e. The average molecular weight is 341 g/mol. The summed E-state index contributed by atoms with van der Waals surface area (Å²) < 4.78 is 12.9. The van der Waals surface area contributed by atoms with Gasteiger partial charge in [-0.05, 0) is 36.2 Å². The Bertz CT molecular complexity index is 726. The molecule has 1 aromatic heterocycles. The van der Waals surface area contributed by atoms with Crippen molar-refractivity contribution < 1.29 is 14.0 Å². The van der Waals surface area contributed by atoms with Gasteiger partial charge in [-0.15, -0.1) is 0 Å². The first-order valence-corrected chi connectivity index (χ1v) is 8.35. The van der Waals surface area contributed by atoms with Gasteiger partial charge in [-0.1, -0.05) is 12.1 Å². The molecule has 6 heteroatoms. The molecule has 0 unspecified atom stereocenters. The van der Waals surface area contributed by atoms with Crippen molar-refractivity contribution in [1.82, 2.24) is 14.8 Å². The molecule has 0 radical (unpaired) electrons. The van der Waals surface area contributed by atoms with E-state index in [4.69, 9.17) is 0 Å². The van der Waals surface area contributed by atoms with Gasteiger partial charge in [-0.25, -0.2) is 4.39 Å². The minimum atomic E-state index is -0.273. The van der Waals surface area contributed by atoms with Crippen LogP contribution in [0.5, 0.6) is 0 Å². The third-order valence-electron chi connectivity index (χ3n) is 4.39. The lowest BCUT2D eigenvalue weighted by molar-refractivity contribution is -0.132. The van der Waals surface area contributed by atoms with Gasteiger partial charge < -0.3 is 9.80 Å². The molecule has 1 aliphatic rings. The predicted octanol–water partition coefficient (Wildman–Crippen LogP) is 2.14. The minimum Gasteiger partial charge on any atom is -0.339 e. The molecule has 1 fully saturated rings. The predicted molar refractivity (Wildman–Crippen MR) is 91.4 cm³/mol. The molecule has 2 amide bonds. The van der Waals surface area contributed by atoms with E-state index in [0.717, 1.165) is 5.56 Å². The molecule has 1 aliphatic heterocycles. The summed E-state index contributed by atoms with van der Waals surface area (Å²) >= 11 is 0. The second-order valence-corrected chi connectivity index (χ2v) is 6.04. The quantitative estimate of drug-likeness (QED) is 0.856. The second kappa shape index (κ2) is 7.88. The topological polar surface area (TPSA) is 53.5 Å². The Morgan fingerprint density at radius 3 is 2.16 bits per heavy atom. The van der Waals surface area contributed by atoms with Crippen molar-refractivity contribution in [1.29, 1.82) is 0 Å². The number of carbonyl (C=O) groups is 2. The Balaban J connectivity index is 1.47. The summed E-state index contributed by atoms with van der Waals surface area (Å²) in [4.78, 5) is 32.2. The molecule has 5 nitrogen and oxygen atoms in total. The van der Waals surface area contributed by atoms with Crippen molar-refractivity contribution in [3.63, 3.8) is 0 Å². The van der Waals surface area contributed by atoms with Gasteiger partial charge in [-0.3, -0.25) is 14.6 Å². The zero-order valence-electron chi connectivity index (χ0n) is 13.9. The number of hydrogen-bond donors (Lipinski definition) is 0. The van der Waals surface area contributed by atoms with Gasteiger partial charge in [0.2, 0.25) is 5.91 Å². The summed E-state index contributed by atoms with van der Waals surface area (Å²) in [6, 6.07) is 9.61. The first kappa shape index (κ1) is 17.1. The fourth-order valence-electron chi connectivity index (χ4n) is 2.90. The number of halogens is 1. The number of pyridine rings is 1. The van der Waals surface area contributed by atoms with Crippen molar-refractivity contribution >= 4 is 11.8 Å². The molecule has 2 aromatic rings. The highest BCUT2D eigenvalue weighted by Gasteiger charge is 2.24. The third-order valence-corrected chi connectivity index (χ3v) is 4.39. The number of nitrogens with zero attached hydrogens (tertiary/aromatic N) is 3. The van der Waals surface area contributed by atoms with E-state index in [1.165, 1.54) is 12.1 Å². The van der Waals surface area contributed by atoms with Crippen LogP contribution in [0.2, 0.25) is 0 Å². The van der Waals surface area contributed by atoms with Crippen molar-refractivity contribution in [2.75, 3.05) is 26.2 Å². The van der Waals surface area contributed by atoms with Gasteiger partial charge >= 0.3 is 0 Å². The number of amides is 2. The molecule has 0 N–H and O–H groups in total. The first-order valence-electron chi connectivity index (χ1n) is 8.35. The van der Waals surface area contributed by atoms with Crippen LogP contribution in [-0.2, 0) is 11.2 Å². The van der Waals surface area contributed by atoms with E-state index in [2.05, 4.69) is 4.98 Å². The molecule has 0 aliphatic carbocycles. The van der Waals surface area contributed by atoms with E-state index in [-0.39, 0.29) is 17.6 Å². The van der Waals surface area contributed by atoms with E-state index in [9.17, 15) is 14.0 Å². The standard InChI is InChI=1S/C19H20FN3O2/c20-17-4-1-15(2-5-17)3-6-18(24)22-11-13-23(14-12-22)19(25)16-7-9-21-10-8-16/h1-2,4-5,7-10H,3,6,11-14H2. The average Bonchev–Trinajstić information content (AvgIpc) is 2.67. The Hall–Kier alpha value is -2.76. The number of aryl methyl sites for hydroxylation is 1. The van der Waals surface area contributed by atoms with Crippen LogP contribution in [0.15, 0.2) is 48.8 Å². The molecule has 1 aromatic carbocycles. The fourth-order valence-corrected chi connectivity index (χ4v) is 2.90. The normalized spacial score (nSPS) is 14.4. The molecule has 0 bridgehead atoms. The summed E-state index contributed by atoms with van der Waals surface area (Å²) in [7, 11) is 0. The summed E-state index contributed by atoms with van der Waals surface area (Å²) in [6.07, 6.45) is 4.18. The number of carbonyl (C=O) groups excluding carboxylic acids is 2. The molecule has 0 atom stereocenters. The van der Waals surface area contributed by atoms with Crippen LogP contribution >= 0.6 is 0 Å². The van der Waals surface area contributed by atoms with Crippen LogP contribution in [-0.4, -0.2) is 52.8 Å². The second-order valence-electron chi connectivity index (χ2n) is 6.04. The van der Waals surface area contributed by atoms with Crippen LogP contribution in [0.25, 0.3) is 0 Å². The monoisotopic (exact) mass is 341 g/mol. The molecular formula is C19H20FN3O2. The zero-order valence-corrected chi connectivity index (χ0v) is 13.9. The Morgan fingerprint density at radius 1 is 0.920 bits per heavy atom. The Morgan fingerprint density at radius 2 is 1.52 bits per heavy atom. The van der Waals surface area contributed by atoms with Gasteiger partial charge in [0, 0.05) is 50.6 Å². The maximum atomic E-state index is 12.9. The van der Waals surface area contributed by atoms with E-state index >= 15 is 0 Å². The summed E-state index contributed by atoms with van der Waals surface area (Å²) in [5, 5.41) is 0. The lowest BCUT2D eigenvalue weighted by Crippen LogP contribution is -2.50. The third kappa shape index (κ3) is 4.41. The van der Waals surface area contributed by atoms with Gasteiger partial charge in [0.15, 0.2) is 0 Å². The van der Waals surface area contributed by atoms with Crippen LogP contribution in [0.1, 0.15) is 22.3 Å². The highest BCUT2D eigenvalue weighted by molar-refractivity contribution is 5.94. The largest absolute Gasteiger partial charge is 0.339 e. The van der Waals surface area contributed by atoms with Gasteiger partial charge in [0.25, 0.3) is 5.91 Å². The number of rotatable bonds is 4. The lowest BCUT2D eigenvalue weighted by atomic mass is 10.1. The number of aromatic nitrogens is 1. The molecule has 130 valence electrons. The van der Waals surface area contributed by atoms with E-state index in [1.807, 2.05) is 0 Å². The molecule has 25 heavy (non-hydrogen) atoms.